The fourth-order valence-electron chi connectivity index (χ4n) is 4.11. The van der Waals surface area contributed by atoms with E-state index in [0.717, 1.165) is 15.7 Å². The van der Waals surface area contributed by atoms with Crippen LogP contribution in [0, 0.1) is 24.7 Å². The molecule has 2 aromatic carbocycles. The van der Waals surface area contributed by atoms with Gasteiger partial charge in [0.15, 0.2) is 0 Å². The molecule has 1 aliphatic rings. The van der Waals surface area contributed by atoms with Crippen LogP contribution in [0.2, 0.25) is 0 Å². The normalized spacial score (nSPS) is 25.1. The van der Waals surface area contributed by atoms with Crippen LogP contribution in [0.3, 0.4) is 0 Å². The van der Waals surface area contributed by atoms with Crippen molar-refractivity contribution >= 4 is 45.3 Å². The third-order valence-electron chi connectivity index (χ3n) is 5.42. The third kappa shape index (κ3) is 3.12. The Morgan fingerprint density at radius 1 is 1.22 bits per heavy atom. The average Bonchev–Trinajstić information content (AvgIpc) is 2.66. The molecule has 0 N–H and O–H groups in total. The van der Waals surface area contributed by atoms with E-state index in [9.17, 15) is 12.3 Å². The molecule has 0 radical (unpaired) electrons. The Morgan fingerprint density at radius 3 is 2.44 bits per heavy atom. The van der Waals surface area contributed by atoms with Crippen molar-refractivity contribution in [1.29, 1.82) is 0 Å². The van der Waals surface area contributed by atoms with Gasteiger partial charge in [0.1, 0.15) is 0 Å². The molecule has 0 heterocycles. The number of fused-ring (bicyclic) bond motifs is 1. The quantitative estimate of drug-likeness (QED) is 0.132. The predicted octanol–water partition coefficient (Wildman–Crippen LogP) is 6.37. The van der Waals surface area contributed by atoms with E-state index in [2.05, 4.69) is 29.2 Å². The summed E-state index contributed by atoms with van der Waals surface area (Å²) in [4.78, 5) is 12.4. The molecule has 1 aliphatic carbocycles. The van der Waals surface area contributed by atoms with E-state index >= 15 is 4.39 Å². The van der Waals surface area contributed by atoms with Crippen LogP contribution in [0.4, 0.5) is 8.78 Å². The van der Waals surface area contributed by atoms with Gasteiger partial charge in [0.25, 0.3) is 0 Å². The van der Waals surface area contributed by atoms with Crippen molar-refractivity contribution in [3.8, 4) is 0 Å². The summed E-state index contributed by atoms with van der Waals surface area (Å²) in [5.41, 5.74) is 0.351. The maximum atomic E-state index is 15.1. The van der Waals surface area contributed by atoms with Gasteiger partial charge in [-0.1, -0.05) is 0 Å². The first kappa shape index (κ1) is 20.7. The van der Waals surface area contributed by atoms with E-state index in [1.54, 1.807) is 30.3 Å². The van der Waals surface area contributed by atoms with Crippen LogP contribution in [0.25, 0.3) is 0 Å². The second-order valence-electron chi connectivity index (χ2n) is 6.76. The molecule has 0 saturated carbocycles. The van der Waals surface area contributed by atoms with Crippen molar-refractivity contribution in [3.05, 3.63) is 79.0 Å². The molecule has 0 bridgehead atoms. The van der Waals surface area contributed by atoms with Gasteiger partial charge in [0.05, 0.1) is 0 Å². The van der Waals surface area contributed by atoms with Crippen LogP contribution in [0.1, 0.15) is 30.9 Å². The topological polar surface area (TPSA) is 34.1 Å². The monoisotopic (exact) mass is 596 g/mol. The van der Waals surface area contributed by atoms with Crippen LogP contribution in [0.5, 0.6) is 0 Å². The molecule has 1 unspecified atom stereocenters. The molecule has 2 nitrogen and oxygen atoms in total. The zero-order chi connectivity index (χ0) is 19.8. The molecule has 27 heavy (non-hydrogen) atoms. The Hall–Kier alpha value is -1.03. The van der Waals surface area contributed by atoms with Gasteiger partial charge < -0.3 is 0 Å². The van der Waals surface area contributed by atoms with Crippen molar-refractivity contribution in [2.45, 2.75) is 29.6 Å². The molecule has 0 saturated heterocycles. The molecule has 3 atom stereocenters. The summed E-state index contributed by atoms with van der Waals surface area (Å²) in [6, 6.07) is 9.11. The standard InChI is InChI=1S/C21H20F2I2O2/c1-3-12-21(25(27,13-26)16-7-5-15(24)6-8-16)14(2)4-9-17-18(22)10-11-19(23)20(17)21/h3,5-8,10-11,13-14H,1,4,9,12H2,2H3/t14-,21-/m0/s1. The van der Waals surface area contributed by atoms with Crippen molar-refractivity contribution in [2.75, 3.05) is 0 Å². The molecule has 0 aliphatic heterocycles. The van der Waals surface area contributed by atoms with Gasteiger partial charge in [0, 0.05) is 0 Å². The molecule has 0 aromatic heterocycles. The van der Waals surface area contributed by atoms with Gasteiger partial charge in [-0.3, -0.25) is 0 Å². The molecular formula is C21H20F2I2O2. The fraction of sp³-hybridized carbons (Fsp3) is 0.286. The summed E-state index contributed by atoms with van der Waals surface area (Å²) >= 11 is -2.61. The number of rotatable bonds is 5. The first-order valence-corrected chi connectivity index (χ1v) is 13.9. The predicted molar refractivity (Wildman–Crippen MR) is 120 cm³/mol. The number of allylic oxidation sites excluding steroid dienone is 1. The van der Waals surface area contributed by atoms with Gasteiger partial charge in [-0.2, -0.15) is 0 Å². The SMILES string of the molecule is C=CC[C@@]1(I(=O)(C=O)c2ccc(I)cc2)c2c(F)ccc(F)c2CC[C@@H]1C. The molecule has 3 rings (SSSR count). The maximum absolute atomic E-state index is 15.1. The summed E-state index contributed by atoms with van der Waals surface area (Å²) in [6.07, 6.45) is 2.63. The Kier molecular flexibility index (Phi) is 5.96. The molecule has 0 spiro atoms. The number of benzene rings is 2. The minimum atomic E-state index is -4.74. The van der Waals surface area contributed by atoms with E-state index in [0.29, 0.717) is 20.7 Å². The fourth-order valence-corrected chi connectivity index (χ4v) is 12.0. The molecule has 6 heteroatoms. The number of hydrogen-bond acceptors (Lipinski definition) is 2. The van der Waals surface area contributed by atoms with E-state index in [4.69, 9.17) is 0 Å². The van der Waals surface area contributed by atoms with Crippen molar-refractivity contribution in [2.24, 2.45) is 5.92 Å². The van der Waals surface area contributed by atoms with Crippen molar-refractivity contribution in [1.82, 2.24) is 0 Å². The van der Waals surface area contributed by atoms with Crippen LogP contribution in [0.15, 0.2) is 49.1 Å². The molecule has 144 valence electrons. The van der Waals surface area contributed by atoms with Crippen molar-refractivity contribution in [3.63, 3.8) is 0 Å². The summed E-state index contributed by atoms with van der Waals surface area (Å²) in [5.74, 6) is -1.36. The first-order chi connectivity index (χ1) is 12.8. The summed E-state index contributed by atoms with van der Waals surface area (Å²) < 4.78 is 44.6. The number of hydrogen-bond donors (Lipinski definition) is 0. The molecular weight excluding hydrogens is 576 g/mol. The second kappa shape index (κ2) is 7.77. The van der Waals surface area contributed by atoms with Crippen LogP contribution < -0.4 is 0 Å². The van der Waals surface area contributed by atoms with Crippen LogP contribution in [-0.4, -0.2) is 4.29 Å². The Labute approximate surface area is 175 Å². The Balaban J connectivity index is 2.42. The third-order valence-corrected chi connectivity index (χ3v) is 14.3. The number of carbonyl (C=O) groups is 1. The average molecular weight is 596 g/mol. The first-order valence-electron chi connectivity index (χ1n) is 8.58. The molecule has 0 amide bonds. The zero-order valence-corrected chi connectivity index (χ0v) is 19.2. The van der Waals surface area contributed by atoms with E-state index in [1.165, 1.54) is 0 Å². The summed E-state index contributed by atoms with van der Waals surface area (Å²) in [7, 11) is 0. The molecule has 2 aromatic rings. The number of alkyl halides is 1. The number of halogens is 4. The van der Waals surface area contributed by atoms with Crippen LogP contribution >= 0.6 is 41.0 Å². The van der Waals surface area contributed by atoms with Gasteiger partial charge in [-0.15, -0.1) is 0 Å². The summed E-state index contributed by atoms with van der Waals surface area (Å²) in [5, 5.41) is 0. The van der Waals surface area contributed by atoms with Crippen molar-refractivity contribution < 1.29 is 16.6 Å². The summed E-state index contributed by atoms with van der Waals surface area (Å²) in [6.45, 7) is 5.65. The van der Waals surface area contributed by atoms with Crippen LogP contribution in [-0.2, 0) is 17.7 Å². The Bertz CT molecular complexity index is 940. The minimum absolute atomic E-state index is 0.109. The zero-order valence-electron chi connectivity index (χ0n) is 14.9. The van der Waals surface area contributed by atoms with E-state index < -0.39 is 33.5 Å². The van der Waals surface area contributed by atoms with Gasteiger partial charge in [-0.25, -0.2) is 0 Å². The van der Waals surface area contributed by atoms with Gasteiger partial charge in [-0.05, 0) is 0 Å². The second-order valence-corrected chi connectivity index (χ2v) is 14.9. The van der Waals surface area contributed by atoms with E-state index in [1.807, 2.05) is 6.92 Å². The molecule has 0 fully saturated rings. The van der Waals surface area contributed by atoms with Gasteiger partial charge in [0.2, 0.25) is 0 Å². The van der Waals surface area contributed by atoms with Gasteiger partial charge >= 0.3 is 176 Å². The van der Waals surface area contributed by atoms with E-state index in [-0.39, 0.29) is 23.5 Å². The Morgan fingerprint density at radius 2 is 1.85 bits per heavy atom. The number of carbonyl (C=O) groups excluding carboxylic acids is 1.